The summed E-state index contributed by atoms with van der Waals surface area (Å²) in [6, 6.07) is 3.61. The van der Waals surface area contributed by atoms with Gasteiger partial charge in [0, 0.05) is 12.1 Å². The number of ether oxygens (including phenoxy) is 4. The molecule has 0 aromatic heterocycles. The number of nitrogens with one attached hydrogen (secondary N) is 1. The van der Waals surface area contributed by atoms with Gasteiger partial charge in [0.05, 0.1) is 47.3 Å². The quantitative estimate of drug-likeness (QED) is 0.551. The van der Waals surface area contributed by atoms with Gasteiger partial charge in [-0.2, -0.15) is 0 Å². The van der Waals surface area contributed by atoms with Crippen LogP contribution in [-0.4, -0.2) is 62.9 Å². The van der Waals surface area contributed by atoms with Gasteiger partial charge in [0.2, 0.25) is 5.75 Å². The van der Waals surface area contributed by atoms with E-state index >= 15 is 0 Å². The van der Waals surface area contributed by atoms with Crippen LogP contribution in [0.4, 0.5) is 0 Å². The SMILES string of the molecule is COc1cc(COC[C@@H](O)CNC(C)(C)CO)cc(OC)c1OC. The van der Waals surface area contributed by atoms with E-state index in [2.05, 4.69) is 5.32 Å². The molecule has 3 N–H and O–H groups in total. The summed E-state index contributed by atoms with van der Waals surface area (Å²) < 4.78 is 21.4. The monoisotopic (exact) mass is 343 g/mol. The molecule has 0 amide bonds. The lowest BCUT2D eigenvalue weighted by atomic mass is 10.1. The summed E-state index contributed by atoms with van der Waals surface area (Å²) in [5.74, 6) is 1.64. The molecule has 0 saturated heterocycles. The summed E-state index contributed by atoms with van der Waals surface area (Å²) in [6.45, 7) is 4.52. The molecular weight excluding hydrogens is 314 g/mol. The second-order valence-electron chi connectivity index (χ2n) is 6.13. The highest BCUT2D eigenvalue weighted by Crippen LogP contribution is 2.38. The lowest BCUT2D eigenvalue weighted by Gasteiger charge is -2.25. The van der Waals surface area contributed by atoms with Crippen LogP contribution >= 0.6 is 0 Å². The molecule has 0 bridgehead atoms. The van der Waals surface area contributed by atoms with Crippen molar-refractivity contribution in [1.82, 2.24) is 5.32 Å². The first-order valence-corrected chi connectivity index (χ1v) is 7.77. The van der Waals surface area contributed by atoms with Crippen molar-refractivity contribution >= 4 is 0 Å². The van der Waals surface area contributed by atoms with Crippen molar-refractivity contribution in [2.24, 2.45) is 0 Å². The average molecular weight is 343 g/mol. The minimum absolute atomic E-state index is 0.00792. The predicted octanol–water partition coefficient (Wildman–Crippen LogP) is 0.950. The lowest BCUT2D eigenvalue weighted by Crippen LogP contribution is -2.46. The maximum Gasteiger partial charge on any atom is 0.203 e. The number of methoxy groups -OCH3 is 3. The van der Waals surface area contributed by atoms with Crippen LogP contribution in [0.25, 0.3) is 0 Å². The number of aliphatic hydroxyl groups is 2. The molecule has 7 heteroatoms. The Morgan fingerprint density at radius 3 is 2.12 bits per heavy atom. The third kappa shape index (κ3) is 6.16. The molecule has 0 aliphatic heterocycles. The second-order valence-corrected chi connectivity index (χ2v) is 6.13. The molecule has 1 aromatic carbocycles. The molecule has 0 radical (unpaired) electrons. The van der Waals surface area contributed by atoms with Crippen LogP contribution in [0.1, 0.15) is 19.4 Å². The average Bonchev–Trinajstić information content (AvgIpc) is 2.59. The van der Waals surface area contributed by atoms with Gasteiger partial charge >= 0.3 is 0 Å². The fourth-order valence-corrected chi connectivity index (χ4v) is 2.04. The van der Waals surface area contributed by atoms with E-state index in [1.807, 2.05) is 13.8 Å². The maximum absolute atomic E-state index is 9.93. The van der Waals surface area contributed by atoms with E-state index in [1.54, 1.807) is 33.5 Å². The van der Waals surface area contributed by atoms with Crippen LogP contribution in [-0.2, 0) is 11.3 Å². The first-order valence-electron chi connectivity index (χ1n) is 7.77. The normalized spacial score (nSPS) is 12.8. The molecular formula is C17H29NO6. The molecule has 138 valence electrons. The summed E-state index contributed by atoms with van der Waals surface area (Å²) in [6.07, 6.45) is -0.669. The van der Waals surface area contributed by atoms with Gasteiger partial charge in [-0.1, -0.05) is 0 Å². The molecule has 0 heterocycles. The summed E-state index contributed by atoms with van der Waals surface area (Å²) in [4.78, 5) is 0. The highest BCUT2D eigenvalue weighted by molar-refractivity contribution is 5.53. The minimum Gasteiger partial charge on any atom is -0.493 e. The third-order valence-electron chi connectivity index (χ3n) is 3.52. The van der Waals surface area contributed by atoms with Crippen molar-refractivity contribution in [3.63, 3.8) is 0 Å². The molecule has 24 heavy (non-hydrogen) atoms. The van der Waals surface area contributed by atoms with E-state index in [0.717, 1.165) is 5.56 Å². The number of β-amino-alcohol motifs (C(OH)–C–C–N with tert-alkyl or cyclic N) is 1. The summed E-state index contributed by atoms with van der Waals surface area (Å²) >= 11 is 0. The largest absolute Gasteiger partial charge is 0.493 e. The predicted molar refractivity (Wildman–Crippen MR) is 90.9 cm³/mol. The number of hydrogen-bond acceptors (Lipinski definition) is 7. The molecule has 0 aliphatic rings. The molecule has 0 spiro atoms. The molecule has 0 saturated carbocycles. The summed E-state index contributed by atoms with van der Waals surface area (Å²) in [5.41, 5.74) is 0.415. The van der Waals surface area contributed by atoms with Crippen LogP contribution in [0.3, 0.4) is 0 Å². The van der Waals surface area contributed by atoms with Crippen molar-refractivity contribution in [2.75, 3.05) is 41.1 Å². The third-order valence-corrected chi connectivity index (χ3v) is 3.52. The Balaban J connectivity index is 2.55. The van der Waals surface area contributed by atoms with Crippen LogP contribution in [0, 0.1) is 0 Å². The molecule has 0 fully saturated rings. The van der Waals surface area contributed by atoms with Crippen molar-refractivity contribution in [3.8, 4) is 17.2 Å². The van der Waals surface area contributed by atoms with Crippen LogP contribution in [0.5, 0.6) is 17.2 Å². The van der Waals surface area contributed by atoms with E-state index in [9.17, 15) is 5.11 Å². The van der Waals surface area contributed by atoms with Gasteiger partial charge in [-0.15, -0.1) is 0 Å². The van der Waals surface area contributed by atoms with E-state index in [4.69, 9.17) is 24.1 Å². The number of aliphatic hydroxyl groups excluding tert-OH is 2. The molecule has 7 nitrogen and oxygen atoms in total. The number of hydrogen-bond donors (Lipinski definition) is 3. The van der Waals surface area contributed by atoms with Gasteiger partial charge < -0.3 is 34.5 Å². The smallest absolute Gasteiger partial charge is 0.203 e. The Morgan fingerprint density at radius 1 is 1.08 bits per heavy atom. The second kappa shape index (κ2) is 9.68. The van der Waals surface area contributed by atoms with Gasteiger partial charge in [0.25, 0.3) is 0 Å². The molecule has 1 aromatic rings. The Hall–Kier alpha value is -1.54. The molecule has 0 unspecified atom stereocenters. The van der Waals surface area contributed by atoms with E-state index in [-0.39, 0.29) is 13.2 Å². The van der Waals surface area contributed by atoms with E-state index in [0.29, 0.717) is 30.4 Å². The van der Waals surface area contributed by atoms with Gasteiger partial charge in [-0.25, -0.2) is 0 Å². The first kappa shape index (κ1) is 20.5. The van der Waals surface area contributed by atoms with Crippen molar-refractivity contribution in [1.29, 1.82) is 0 Å². The first-order chi connectivity index (χ1) is 11.4. The number of benzene rings is 1. The fourth-order valence-electron chi connectivity index (χ4n) is 2.04. The summed E-state index contributed by atoms with van der Waals surface area (Å²) in [7, 11) is 4.66. The molecule has 0 aliphatic carbocycles. The lowest BCUT2D eigenvalue weighted by molar-refractivity contribution is 0.0235. The van der Waals surface area contributed by atoms with Gasteiger partial charge in [-0.3, -0.25) is 0 Å². The van der Waals surface area contributed by atoms with Crippen molar-refractivity contribution in [2.45, 2.75) is 32.1 Å². The van der Waals surface area contributed by atoms with Crippen molar-refractivity contribution < 1.29 is 29.2 Å². The number of rotatable bonds is 11. The van der Waals surface area contributed by atoms with Crippen LogP contribution in [0.2, 0.25) is 0 Å². The minimum atomic E-state index is -0.669. The molecule has 1 rings (SSSR count). The Labute approximate surface area is 143 Å². The molecule has 1 atom stereocenters. The zero-order valence-electron chi connectivity index (χ0n) is 15.1. The standard InChI is InChI=1S/C17H29NO6/c1-17(2,11-19)18-8-13(20)10-24-9-12-6-14(21-3)16(23-5)15(7-12)22-4/h6-7,13,18-20H,8-11H2,1-5H3/t13-/m0/s1. The highest BCUT2D eigenvalue weighted by Gasteiger charge is 2.17. The Bertz CT molecular complexity index is 481. The van der Waals surface area contributed by atoms with Crippen LogP contribution in [0.15, 0.2) is 12.1 Å². The van der Waals surface area contributed by atoms with Crippen LogP contribution < -0.4 is 19.5 Å². The highest BCUT2D eigenvalue weighted by atomic mass is 16.5. The zero-order chi connectivity index (χ0) is 18.2. The Morgan fingerprint density at radius 2 is 1.67 bits per heavy atom. The topological polar surface area (TPSA) is 89.4 Å². The van der Waals surface area contributed by atoms with Gasteiger partial charge in [-0.05, 0) is 31.5 Å². The van der Waals surface area contributed by atoms with E-state index < -0.39 is 11.6 Å². The Kier molecular flexibility index (Phi) is 8.27. The fraction of sp³-hybridized carbons (Fsp3) is 0.647. The summed E-state index contributed by atoms with van der Waals surface area (Å²) in [5, 5.41) is 22.2. The zero-order valence-corrected chi connectivity index (χ0v) is 15.1. The van der Waals surface area contributed by atoms with Gasteiger partial charge in [0.1, 0.15) is 0 Å². The van der Waals surface area contributed by atoms with E-state index in [1.165, 1.54) is 0 Å². The van der Waals surface area contributed by atoms with Gasteiger partial charge in [0.15, 0.2) is 11.5 Å². The van der Waals surface area contributed by atoms with Crippen molar-refractivity contribution in [3.05, 3.63) is 17.7 Å². The maximum atomic E-state index is 9.93.